The lowest BCUT2D eigenvalue weighted by molar-refractivity contribution is 0.0823. The third-order valence-electron chi connectivity index (χ3n) is 5.83. The van der Waals surface area contributed by atoms with E-state index in [0.717, 1.165) is 64.5 Å². The lowest BCUT2D eigenvalue weighted by Crippen LogP contribution is -2.41. The van der Waals surface area contributed by atoms with E-state index < -0.39 is 0 Å². The molecule has 3 N–H and O–H groups in total. The minimum absolute atomic E-state index is 0.0756. The van der Waals surface area contributed by atoms with Crippen LogP contribution in [-0.4, -0.2) is 61.3 Å². The Kier molecular flexibility index (Phi) is 8.33. The number of hydrogen-bond acceptors (Lipinski definition) is 3. The van der Waals surface area contributed by atoms with E-state index in [1.807, 2.05) is 0 Å². The number of aliphatic hydroxyl groups is 1. The summed E-state index contributed by atoms with van der Waals surface area (Å²) in [5.41, 5.74) is 0.455. The van der Waals surface area contributed by atoms with Gasteiger partial charge in [0.25, 0.3) is 0 Å². The average Bonchev–Trinajstić information content (AvgIpc) is 3.07. The SMILES string of the molecule is CCNC(=NCC1(CC)CCCC1)NCCCN1CCC(O)CC1. The fraction of sp³-hybridized carbons (Fsp3) is 0.947. The van der Waals surface area contributed by atoms with E-state index >= 15 is 0 Å². The van der Waals surface area contributed by atoms with Gasteiger partial charge in [-0.2, -0.15) is 0 Å². The molecule has 24 heavy (non-hydrogen) atoms. The summed E-state index contributed by atoms with van der Waals surface area (Å²) in [7, 11) is 0. The van der Waals surface area contributed by atoms with Crippen molar-refractivity contribution in [1.82, 2.24) is 15.5 Å². The van der Waals surface area contributed by atoms with Crippen LogP contribution in [0.4, 0.5) is 0 Å². The summed E-state index contributed by atoms with van der Waals surface area (Å²) < 4.78 is 0. The van der Waals surface area contributed by atoms with Crippen LogP contribution in [0.15, 0.2) is 4.99 Å². The minimum atomic E-state index is -0.0756. The van der Waals surface area contributed by atoms with Gasteiger partial charge in [0.1, 0.15) is 0 Å². The summed E-state index contributed by atoms with van der Waals surface area (Å²) in [6.07, 6.45) is 9.58. The Morgan fingerprint density at radius 1 is 1.17 bits per heavy atom. The smallest absolute Gasteiger partial charge is 0.191 e. The molecule has 1 heterocycles. The van der Waals surface area contributed by atoms with E-state index in [2.05, 4.69) is 29.4 Å². The number of hydrogen-bond donors (Lipinski definition) is 3. The van der Waals surface area contributed by atoms with Crippen molar-refractivity contribution in [2.75, 3.05) is 39.3 Å². The first kappa shape index (κ1) is 19.5. The first-order chi connectivity index (χ1) is 11.7. The Bertz CT molecular complexity index is 372. The Morgan fingerprint density at radius 2 is 1.88 bits per heavy atom. The second kappa shape index (κ2) is 10.2. The van der Waals surface area contributed by atoms with Gasteiger partial charge in [-0.3, -0.25) is 4.99 Å². The summed E-state index contributed by atoms with van der Waals surface area (Å²) in [6, 6.07) is 0. The van der Waals surface area contributed by atoms with Crippen LogP contribution >= 0.6 is 0 Å². The molecule has 5 nitrogen and oxygen atoms in total. The van der Waals surface area contributed by atoms with Gasteiger partial charge in [-0.25, -0.2) is 0 Å². The first-order valence-corrected chi connectivity index (χ1v) is 10.1. The third kappa shape index (κ3) is 6.25. The number of rotatable bonds is 8. The second-order valence-corrected chi connectivity index (χ2v) is 7.61. The van der Waals surface area contributed by atoms with Gasteiger partial charge in [0.15, 0.2) is 5.96 Å². The number of aliphatic imine (C=N–C) groups is 1. The normalized spacial score (nSPS) is 22.7. The number of piperidine rings is 1. The zero-order valence-electron chi connectivity index (χ0n) is 15.8. The predicted molar refractivity (Wildman–Crippen MR) is 101 cm³/mol. The maximum absolute atomic E-state index is 9.56. The zero-order chi connectivity index (χ0) is 17.3. The summed E-state index contributed by atoms with van der Waals surface area (Å²) >= 11 is 0. The van der Waals surface area contributed by atoms with Crippen LogP contribution in [-0.2, 0) is 0 Å². The number of aliphatic hydroxyl groups excluding tert-OH is 1. The molecule has 1 aliphatic heterocycles. The molecule has 0 spiro atoms. The molecule has 1 saturated heterocycles. The van der Waals surface area contributed by atoms with Crippen LogP contribution in [0.25, 0.3) is 0 Å². The van der Waals surface area contributed by atoms with Crippen LogP contribution in [0, 0.1) is 5.41 Å². The summed E-state index contributed by atoms with van der Waals surface area (Å²) in [5, 5.41) is 16.4. The zero-order valence-corrected chi connectivity index (χ0v) is 15.8. The summed E-state index contributed by atoms with van der Waals surface area (Å²) in [6.45, 7) is 10.5. The average molecular weight is 339 g/mol. The second-order valence-electron chi connectivity index (χ2n) is 7.61. The fourth-order valence-electron chi connectivity index (χ4n) is 3.99. The minimum Gasteiger partial charge on any atom is -0.393 e. The summed E-state index contributed by atoms with van der Waals surface area (Å²) in [5.74, 6) is 0.978. The fourth-order valence-corrected chi connectivity index (χ4v) is 3.99. The van der Waals surface area contributed by atoms with Crippen LogP contribution in [0.2, 0.25) is 0 Å². The first-order valence-electron chi connectivity index (χ1n) is 10.1. The van der Waals surface area contributed by atoms with E-state index in [4.69, 9.17) is 4.99 Å². The molecule has 0 radical (unpaired) electrons. The van der Waals surface area contributed by atoms with Gasteiger partial charge in [0.2, 0.25) is 0 Å². The topological polar surface area (TPSA) is 59.9 Å². The van der Waals surface area contributed by atoms with Crippen molar-refractivity contribution in [3.05, 3.63) is 0 Å². The Hall–Kier alpha value is -0.810. The third-order valence-corrected chi connectivity index (χ3v) is 5.83. The molecular weight excluding hydrogens is 300 g/mol. The predicted octanol–water partition coefficient (Wildman–Crippen LogP) is 2.36. The van der Waals surface area contributed by atoms with Gasteiger partial charge >= 0.3 is 0 Å². The Morgan fingerprint density at radius 3 is 2.50 bits per heavy atom. The number of likely N-dealkylation sites (tertiary alicyclic amines) is 1. The molecule has 2 rings (SSSR count). The number of guanidine groups is 1. The highest BCUT2D eigenvalue weighted by atomic mass is 16.3. The van der Waals surface area contributed by atoms with Crippen LogP contribution in [0.5, 0.6) is 0 Å². The van der Waals surface area contributed by atoms with Gasteiger partial charge < -0.3 is 20.6 Å². The Labute approximate surface area is 148 Å². The quantitative estimate of drug-likeness (QED) is 0.361. The molecule has 0 aromatic carbocycles. The van der Waals surface area contributed by atoms with Crippen molar-refractivity contribution >= 4 is 5.96 Å². The monoisotopic (exact) mass is 338 g/mol. The maximum Gasteiger partial charge on any atom is 0.191 e. The molecule has 1 aliphatic carbocycles. The largest absolute Gasteiger partial charge is 0.393 e. The van der Waals surface area contributed by atoms with E-state index in [1.165, 1.54) is 32.1 Å². The molecule has 0 amide bonds. The number of nitrogens with zero attached hydrogens (tertiary/aromatic N) is 2. The van der Waals surface area contributed by atoms with Gasteiger partial charge in [-0.15, -0.1) is 0 Å². The molecule has 0 bridgehead atoms. The molecule has 2 fully saturated rings. The standard InChI is InChI=1S/C19H38N4O/c1-3-19(10-5-6-11-19)16-22-18(20-4-2)21-12-7-13-23-14-8-17(24)9-15-23/h17,24H,3-16H2,1-2H3,(H2,20,21,22). The van der Waals surface area contributed by atoms with E-state index in [1.54, 1.807) is 0 Å². The highest BCUT2D eigenvalue weighted by Gasteiger charge is 2.31. The van der Waals surface area contributed by atoms with Gasteiger partial charge in [-0.05, 0) is 57.4 Å². The molecular formula is C19H38N4O. The van der Waals surface area contributed by atoms with E-state index in [0.29, 0.717) is 5.41 Å². The van der Waals surface area contributed by atoms with Crippen LogP contribution in [0.1, 0.15) is 65.2 Å². The van der Waals surface area contributed by atoms with Crippen molar-refractivity contribution in [1.29, 1.82) is 0 Å². The highest BCUT2D eigenvalue weighted by Crippen LogP contribution is 2.41. The Balaban J connectivity index is 1.69. The van der Waals surface area contributed by atoms with E-state index in [-0.39, 0.29) is 6.10 Å². The number of nitrogens with one attached hydrogen (secondary N) is 2. The molecule has 0 atom stereocenters. The maximum atomic E-state index is 9.56. The lowest BCUT2D eigenvalue weighted by Gasteiger charge is -2.29. The molecule has 0 aromatic rings. The highest BCUT2D eigenvalue weighted by molar-refractivity contribution is 5.79. The van der Waals surface area contributed by atoms with Crippen molar-refractivity contribution in [2.24, 2.45) is 10.4 Å². The van der Waals surface area contributed by atoms with Crippen LogP contribution in [0.3, 0.4) is 0 Å². The molecule has 2 aliphatic rings. The van der Waals surface area contributed by atoms with Crippen molar-refractivity contribution in [2.45, 2.75) is 71.3 Å². The summed E-state index contributed by atoms with van der Waals surface area (Å²) in [4.78, 5) is 7.34. The van der Waals surface area contributed by atoms with Crippen LogP contribution < -0.4 is 10.6 Å². The van der Waals surface area contributed by atoms with Gasteiger partial charge in [0, 0.05) is 32.7 Å². The van der Waals surface area contributed by atoms with Crippen molar-refractivity contribution < 1.29 is 5.11 Å². The van der Waals surface area contributed by atoms with Crippen molar-refractivity contribution in [3.63, 3.8) is 0 Å². The molecule has 5 heteroatoms. The molecule has 140 valence electrons. The lowest BCUT2D eigenvalue weighted by atomic mass is 9.84. The van der Waals surface area contributed by atoms with Crippen molar-refractivity contribution in [3.8, 4) is 0 Å². The molecule has 0 aromatic heterocycles. The van der Waals surface area contributed by atoms with Gasteiger partial charge in [-0.1, -0.05) is 19.8 Å². The van der Waals surface area contributed by atoms with Gasteiger partial charge in [0.05, 0.1) is 6.10 Å². The molecule has 1 saturated carbocycles. The molecule has 0 unspecified atom stereocenters. The van der Waals surface area contributed by atoms with E-state index in [9.17, 15) is 5.11 Å².